The summed E-state index contributed by atoms with van der Waals surface area (Å²) >= 11 is 7.41. The van der Waals surface area contributed by atoms with Crippen LogP contribution in [0.3, 0.4) is 0 Å². The molecular weight excluding hydrogens is 236 g/mol. The van der Waals surface area contributed by atoms with E-state index < -0.39 is 5.97 Å². The van der Waals surface area contributed by atoms with E-state index in [1.807, 2.05) is 0 Å². The molecule has 0 aliphatic heterocycles. The third kappa shape index (κ3) is 3.74. The van der Waals surface area contributed by atoms with Gasteiger partial charge in [0.15, 0.2) is 0 Å². The van der Waals surface area contributed by atoms with E-state index >= 15 is 0 Å². The van der Waals surface area contributed by atoms with Gasteiger partial charge in [-0.05, 0) is 24.6 Å². The van der Waals surface area contributed by atoms with Gasteiger partial charge in [0.2, 0.25) is 0 Å². The van der Waals surface area contributed by atoms with Crippen molar-refractivity contribution in [2.24, 2.45) is 0 Å². The van der Waals surface area contributed by atoms with Crippen LogP contribution in [0.5, 0.6) is 0 Å². The molecule has 1 rings (SSSR count). The first-order valence-electron chi connectivity index (χ1n) is 4.41. The highest BCUT2D eigenvalue weighted by Gasteiger charge is 2.06. The highest BCUT2D eigenvalue weighted by Crippen LogP contribution is 2.28. The molecule has 0 aromatic heterocycles. The first-order valence-corrected chi connectivity index (χ1v) is 5.78. The molecule has 0 heterocycles. The number of aromatic carboxylic acids is 1. The van der Waals surface area contributed by atoms with E-state index in [2.05, 4.69) is 0 Å². The van der Waals surface area contributed by atoms with E-state index in [-0.39, 0.29) is 12.2 Å². The summed E-state index contributed by atoms with van der Waals surface area (Å²) in [5.74, 6) is -0.216. The lowest BCUT2D eigenvalue weighted by molar-refractivity contribution is 0.0697. The number of rotatable bonds is 5. The highest BCUT2D eigenvalue weighted by molar-refractivity contribution is 7.99. The van der Waals surface area contributed by atoms with Crippen LogP contribution in [0, 0.1) is 0 Å². The van der Waals surface area contributed by atoms with Crippen molar-refractivity contribution in [3.05, 3.63) is 28.8 Å². The Bertz CT molecular complexity index is 355. The first-order chi connectivity index (χ1) is 7.15. The van der Waals surface area contributed by atoms with E-state index in [4.69, 9.17) is 21.8 Å². The summed E-state index contributed by atoms with van der Waals surface area (Å²) in [7, 11) is 0. The zero-order valence-electron chi connectivity index (χ0n) is 7.94. The molecule has 0 saturated heterocycles. The lowest BCUT2D eigenvalue weighted by Gasteiger charge is -2.04. The van der Waals surface area contributed by atoms with Crippen molar-refractivity contribution in [1.29, 1.82) is 0 Å². The zero-order valence-corrected chi connectivity index (χ0v) is 9.51. The molecule has 0 aliphatic carbocycles. The number of carboxylic acids is 1. The Morgan fingerprint density at radius 3 is 2.73 bits per heavy atom. The lowest BCUT2D eigenvalue weighted by Crippen LogP contribution is -1.95. The summed E-state index contributed by atoms with van der Waals surface area (Å²) in [6.07, 6.45) is 0.696. The first kappa shape index (κ1) is 12.4. The molecule has 0 unspecified atom stereocenters. The van der Waals surface area contributed by atoms with Gasteiger partial charge in [-0.15, -0.1) is 11.8 Å². The molecule has 0 bridgehead atoms. The minimum Gasteiger partial charge on any atom is -0.478 e. The maximum absolute atomic E-state index is 10.6. The smallest absolute Gasteiger partial charge is 0.335 e. The third-order valence-electron chi connectivity index (χ3n) is 1.74. The minimum atomic E-state index is -0.983. The van der Waals surface area contributed by atoms with Gasteiger partial charge in [-0.25, -0.2) is 4.79 Å². The molecule has 0 saturated carbocycles. The van der Waals surface area contributed by atoms with Crippen LogP contribution in [-0.4, -0.2) is 28.5 Å². The van der Waals surface area contributed by atoms with Gasteiger partial charge in [-0.1, -0.05) is 11.6 Å². The summed E-state index contributed by atoms with van der Waals surface area (Å²) in [5, 5.41) is 17.8. The van der Waals surface area contributed by atoms with Crippen molar-refractivity contribution < 1.29 is 15.0 Å². The van der Waals surface area contributed by atoms with Crippen LogP contribution in [0.1, 0.15) is 16.8 Å². The van der Waals surface area contributed by atoms with Crippen LogP contribution in [0.4, 0.5) is 0 Å². The second-order valence-corrected chi connectivity index (χ2v) is 4.42. The number of carbonyl (C=O) groups is 1. The fourth-order valence-corrected chi connectivity index (χ4v) is 2.20. The Hall–Kier alpha value is -0.710. The molecule has 15 heavy (non-hydrogen) atoms. The number of hydrogen-bond acceptors (Lipinski definition) is 3. The molecule has 0 atom stereocenters. The number of thioether (sulfide) groups is 1. The van der Waals surface area contributed by atoms with Crippen LogP contribution >= 0.6 is 23.4 Å². The van der Waals surface area contributed by atoms with Crippen LogP contribution in [-0.2, 0) is 0 Å². The van der Waals surface area contributed by atoms with E-state index in [0.29, 0.717) is 11.4 Å². The van der Waals surface area contributed by atoms with Crippen molar-refractivity contribution in [1.82, 2.24) is 0 Å². The van der Waals surface area contributed by atoms with Crippen LogP contribution < -0.4 is 0 Å². The summed E-state index contributed by atoms with van der Waals surface area (Å²) in [6, 6.07) is 4.65. The standard InChI is InChI=1S/C10H11ClO3S/c11-8-6-7(10(13)14)2-3-9(8)15-5-1-4-12/h2-3,6,12H,1,4-5H2,(H,13,14). The molecule has 3 nitrogen and oxygen atoms in total. The molecule has 0 radical (unpaired) electrons. The summed E-state index contributed by atoms with van der Waals surface area (Å²) in [5.41, 5.74) is 0.187. The molecule has 1 aromatic rings. The molecule has 2 N–H and O–H groups in total. The van der Waals surface area contributed by atoms with E-state index in [1.54, 1.807) is 6.07 Å². The maximum Gasteiger partial charge on any atom is 0.335 e. The van der Waals surface area contributed by atoms with Gasteiger partial charge in [0.1, 0.15) is 0 Å². The maximum atomic E-state index is 10.6. The summed E-state index contributed by atoms with van der Waals surface area (Å²) < 4.78 is 0. The molecule has 0 amide bonds. The molecule has 0 spiro atoms. The van der Waals surface area contributed by atoms with E-state index in [9.17, 15) is 4.79 Å². The van der Waals surface area contributed by atoms with Crippen molar-refractivity contribution in [2.45, 2.75) is 11.3 Å². The number of halogens is 1. The van der Waals surface area contributed by atoms with E-state index in [0.717, 1.165) is 10.6 Å². The van der Waals surface area contributed by atoms with Gasteiger partial charge in [0.05, 0.1) is 10.6 Å². The number of aliphatic hydroxyl groups excluding tert-OH is 1. The molecular formula is C10H11ClO3S. The fraction of sp³-hybridized carbons (Fsp3) is 0.300. The molecule has 0 aliphatic rings. The van der Waals surface area contributed by atoms with Gasteiger partial charge < -0.3 is 10.2 Å². The summed E-state index contributed by atoms with van der Waals surface area (Å²) in [4.78, 5) is 11.5. The monoisotopic (exact) mass is 246 g/mol. The van der Waals surface area contributed by atoms with Gasteiger partial charge in [-0.2, -0.15) is 0 Å². The Balaban J connectivity index is 2.70. The average Bonchev–Trinajstić information content (AvgIpc) is 2.20. The highest BCUT2D eigenvalue weighted by atomic mass is 35.5. The third-order valence-corrected chi connectivity index (χ3v) is 3.32. The Morgan fingerprint density at radius 2 is 2.20 bits per heavy atom. The number of aliphatic hydroxyl groups is 1. The Labute approximate surface area is 97.1 Å². The van der Waals surface area contributed by atoms with Crippen molar-refractivity contribution in [3.8, 4) is 0 Å². The SMILES string of the molecule is O=C(O)c1ccc(SCCCO)c(Cl)c1. The normalized spacial score (nSPS) is 10.3. The Morgan fingerprint density at radius 1 is 1.47 bits per heavy atom. The minimum absolute atomic E-state index is 0.151. The van der Waals surface area contributed by atoms with Gasteiger partial charge >= 0.3 is 5.97 Å². The molecule has 82 valence electrons. The molecule has 1 aromatic carbocycles. The largest absolute Gasteiger partial charge is 0.478 e. The zero-order chi connectivity index (χ0) is 11.3. The second-order valence-electron chi connectivity index (χ2n) is 2.88. The number of benzene rings is 1. The topological polar surface area (TPSA) is 57.5 Å². The Kier molecular flexibility index (Phi) is 4.94. The van der Waals surface area contributed by atoms with Gasteiger partial charge in [0.25, 0.3) is 0 Å². The number of hydrogen-bond donors (Lipinski definition) is 2. The molecule has 0 fully saturated rings. The van der Waals surface area contributed by atoms with Crippen LogP contribution in [0.15, 0.2) is 23.1 Å². The fourth-order valence-electron chi connectivity index (χ4n) is 0.998. The quantitative estimate of drug-likeness (QED) is 0.619. The van der Waals surface area contributed by atoms with Crippen molar-refractivity contribution in [3.63, 3.8) is 0 Å². The molecule has 5 heteroatoms. The lowest BCUT2D eigenvalue weighted by atomic mass is 10.2. The van der Waals surface area contributed by atoms with Gasteiger partial charge in [-0.3, -0.25) is 0 Å². The second kappa shape index (κ2) is 6.00. The van der Waals surface area contributed by atoms with Crippen molar-refractivity contribution in [2.75, 3.05) is 12.4 Å². The summed E-state index contributed by atoms with van der Waals surface area (Å²) in [6.45, 7) is 0.151. The average molecular weight is 247 g/mol. The predicted octanol–water partition coefficient (Wildman–Crippen LogP) is 2.51. The van der Waals surface area contributed by atoms with Crippen molar-refractivity contribution >= 4 is 29.3 Å². The van der Waals surface area contributed by atoms with Crippen LogP contribution in [0.2, 0.25) is 5.02 Å². The number of carboxylic acid groups (broad SMARTS) is 1. The van der Waals surface area contributed by atoms with Gasteiger partial charge in [0, 0.05) is 17.3 Å². The van der Waals surface area contributed by atoms with E-state index in [1.165, 1.54) is 23.9 Å². The predicted molar refractivity (Wildman–Crippen MR) is 60.8 cm³/mol. The van der Waals surface area contributed by atoms with Crippen LogP contribution in [0.25, 0.3) is 0 Å².